The number of carbonyl (C=O) groups excluding carboxylic acids is 1. The first-order valence-corrected chi connectivity index (χ1v) is 8.47. The first-order valence-electron chi connectivity index (χ1n) is 6.60. The third-order valence-corrected chi connectivity index (χ3v) is 5.77. The quantitative estimate of drug-likeness (QED) is 0.868. The summed E-state index contributed by atoms with van der Waals surface area (Å²) in [6, 6.07) is 3.20. The Balaban J connectivity index is 2.04. The Bertz CT molecular complexity index is 485. The number of carbonyl (C=O) groups is 2. The van der Waals surface area contributed by atoms with Gasteiger partial charge >= 0.3 is 5.97 Å². The number of carboxylic acid groups (broad SMARTS) is 1. The molecule has 0 saturated carbocycles. The number of hydrogen-bond acceptors (Lipinski definition) is 4. The van der Waals surface area contributed by atoms with E-state index in [0.717, 1.165) is 17.1 Å². The third kappa shape index (κ3) is 3.35. The van der Waals surface area contributed by atoms with Crippen LogP contribution in [0.2, 0.25) is 0 Å². The Hall–Kier alpha value is -1.01. The van der Waals surface area contributed by atoms with E-state index >= 15 is 0 Å². The van der Waals surface area contributed by atoms with Crippen molar-refractivity contribution in [1.29, 1.82) is 0 Å². The van der Waals surface area contributed by atoms with Crippen LogP contribution in [0.3, 0.4) is 0 Å². The van der Waals surface area contributed by atoms with Crippen molar-refractivity contribution in [1.82, 2.24) is 4.90 Å². The molecule has 6 heteroatoms. The summed E-state index contributed by atoms with van der Waals surface area (Å²) in [5, 5.41) is 11.4. The fourth-order valence-electron chi connectivity index (χ4n) is 2.69. The summed E-state index contributed by atoms with van der Waals surface area (Å²) in [4.78, 5) is 25.4. The molecule has 4 nitrogen and oxygen atoms in total. The summed E-state index contributed by atoms with van der Waals surface area (Å²) in [7, 11) is 0. The van der Waals surface area contributed by atoms with Crippen LogP contribution in [-0.2, 0) is 9.59 Å². The second-order valence-corrected chi connectivity index (χ2v) is 7.86. The van der Waals surface area contributed by atoms with E-state index in [0.29, 0.717) is 12.3 Å². The van der Waals surface area contributed by atoms with Crippen molar-refractivity contribution in [2.75, 3.05) is 12.3 Å². The number of hydrogen-bond donors (Lipinski definition) is 1. The number of likely N-dealkylation sites (tertiary alicyclic amines) is 1. The minimum atomic E-state index is -0.899. The second-order valence-electron chi connectivity index (χ2n) is 5.64. The lowest BCUT2D eigenvalue weighted by molar-refractivity contribution is -0.157. The summed E-state index contributed by atoms with van der Waals surface area (Å²) in [5.41, 5.74) is -0.368. The third-order valence-electron chi connectivity index (χ3n) is 3.66. The van der Waals surface area contributed by atoms with E-state index in [1.165, 1.54) is 11.8 Å². The van der Waals surface area contributed by atoms with Crippen LogP contribution in [0, 0.1) is 5.41 Å². The van der Waals surface area contributed by atoms with E-state index in [2.05, 4.69) is 0 Å². The van der Waals surface area contributed by atoms with Gasteiger partial charge in [0.1, 0.15) is 6.04 Å². The van der Waals surface area contributed by atoms with Gasteiger partial charge in [0, 0.05) is 6.54 Å². The van der Waals surface area contributed by atoms with E-state index in [-0.39, 0.29) is 11.3 Å². The maximum absolute atomic E-state index is 12.3. The van der Waals surface area contributed by atoms with Gasteiger partial charge in [0.05, 0.1) is 9.96 Å². The highest BCUT2D eigenvalue weighted by Crippen LogP contribution is 2.36. The predicted molar refractivity (Wildman–Crippen MR) is 81.2 cm³/mol. The Morgan fingerprint density at radius 2 is 2.30 bits per heavy atom. The van der Waals surface area contributed by atoms with Crippen LogP contribution in [0.4, 0.5) is 0 Å². The normalized spacial score (nSPS) is 21.7. The lowest BCUT2D eigenvalue weighted by Gasteiger charge is -2.44. The maximum atomic E-state index is 12.3. The highest BCUT2D eigenvalue weighted by Gasteiger charge is 2.44. The van der Waals surface area contributed by atoms with E-state index in [1.807, 2.05) is 31.4 Å². The highest BCUT2D eigenvalue weighted by molar-refractivity contribution is 8.01. The SMILES string of the molecule is CC1(C)CCCN(C(=O)CSc2cccs2)C1C(=O)O. The molecule has 1 amide bonds. The van der Waals surface area contributed by atoms with Gasteiger partial charge < -0.3 is 10.0 Å². The van der Waals surface area contributed by atoms with Crippen molar-refractivity contribution in [2.45, 2.75) is 36.9 Å². The number of carboxylic acids is 1. The van der Waals surface area contributed by atoms with E-state index in [9.17, 15) is 14.7 Å². The number of aliphatic carboxylic acids is 1. The molecule has 2 rings (SSSR count). The van der Waals surface area contributed by atoms with Crippen LogP contribution >= 0.6 is 23.1 Å². The van der Waals surface area contributed by atoms with Gasteiger partial charge in [0.25, 0.3) is 0 Å². The molecule has 0 spiro atoms. The minimum absolute atomic E-state index is 0.0800. The van der Waals surface area contributed by atoms with Crippen LogP contribution in [0.15, 0.2) is 21.7 Å². The number of thioether (sulfide) groups is 1. The summed E-state index contributed by atoms with van der Waals surface area (Å²) in [6.07, 6.45) is 1.71. The molecule has 1 fully saturated rings. The molecular weight excluding hydrogens is 294 g/mol. The molecule has 1 unspecified atom stereocenters. The molecule has 0 bridgehead atoms. The molecule has 2 heterocycles. The van der Waals surface area contributed by atoms with Gasteiger partial charge in [0.2, 0.25) is 5.91 Å². The van der Waals surface area contributed by atoms with Crippen LogP contribution in [0.5, 0.6) is 0 Å². The van der Waals surface area contributed by atoms with Gasteiger partial charge in [0.15, 0.2) is 0 Å². The largest absolute Gasteiger partial charge is 0.480 e. The van der Waals surface area contributed by atoms with Gasteiger partial charge in [-0.15, -0.1) is 23.1 Å². The van der Waals surface area contributed by atoms with Crippen molar-refractivity contribution >= 4 is 35.0 Å². The van der Waals surface area contributed by atoms with Gasteiger partial charge in [-0.05, 0) is 29.7 Å². The smallest absolute Gasteiger partial charge is 0.326 e. The number of thiophene rings is 1. The average molecular weight is 313 g/mol. The molecule has 1 aliphatic rings. The van der Waals surface area contributed by atoms with Gasteiger partial charge in [-0.2, -0.15) is 0 Å². The number of rotatable bonds is 4. The molecule has 1 N–H and O–H groups in total. The predicted octanol–water partition coefficient (Wildman–Crippen LogP) is 2.94. The van der Waals surface area contributed by atoms with Crippen molar-refractivity contribution < 1.29 is 14.7 Å². The van der Waals surface area contributed by atoms with Crippen LogP contribution in [0.1, 0.15) is 26.7 Å². The van der Waals surface area contributed by atoms with Gasteiger partial charge in [-0.1, -0.05) is 19.9 Å². The van der Waals surface area contributed by atoms with Crippen molar-refractivity contribution in [2.24, 2.45) is 5.41 Å². The molecule has 1 atom stereocenters. The van der Waals surface area contributed by atoms with E-state index in [1.54, 1.807) is 16.2 Å². The van der Waals surface area contributed by atoms with Crippen molar-refractivity contribution in [3.8, 4) is 0 Å². The molecule has 1 saturated heterocycles. The number of amides is 1. The second kappa shape index (κ2) is 6.18. The van der Waals surface area contributed by atoms with E-state index < -0.39 is 12.0 Å². The fourth-order valence-corrected chi connectivity index (χ4v) is 4.36. The fraction of sp³-hybridized carbons (Fsp3) is 0.571. The van der Waals surface area contributed by atoms with Crippen LogP contribution in [-0.4, -0.2) is 40.2 Å². The Kier molecular flexibility index (Phi) is 4.75. The summed E-state index contributed by atoms with van der Waals surface area (Å²) >= 11 is 3.07. The molecule has 0 aromatic carbocycles. The molecule has 1 aromatic rings. The highest BCUT2D eigenvalue weighted by atomic mass is 32.2. The average Bonchev–Trinajstić information content (AvgIpc) is 2.86. The zero-order valence-electron chi connectivity index (χ0n) is 11.7. The standard InChI is InChI=1S/C14H19NO3S2/c1-14(2)6-4-7-15(12(14)13(17)18)10(16)9-20-11-5-3-8-19-11/h3,5,8,12H,4,6-7,9H2,1-2H3,(H,17,18). The van der Waals surface area contributed by atoms with Crippen molar-refractivity contribution in [3.63, 3.8) is 0 Å². The number of piperidine rings is 1. The Morgan fingerprint density at radius 3 is 2.90 bits per heavy atom. The topological polar surface area (TPSA) is 57.6 Å². The summed E-state index contributed by atoms with van der Waals surface area (Å²) in [6.45, 7) is 4.40. The monoisotopic (exact) mass is 313 g/mol. The van der Waals surface area contributed by atoms with E-state index in [4.69, 9.17) is 0 Å². The zero-order valence-corrected chi connectivity index (χ0v) is 13.3. The minimum Gasteiger partial charge on any atom is -0.480 e. The zero-order chi connectivity index (χ0) is 14.8. The summed E-state index contributed by atoms with van der Waals surface area (Å²) < 4.78 is 1.08. The Morgan fingerprint density at radius 1 is 1.55 bits per heavy atom. The van der Waals surface area contributed by atoms with Gasteiger partial charge in [-0.3, -0.25) is 4.79 Å². The molecule has 0 aliphatic carbocycles. The molecule has 20 heavy (non-hydrogen) atoms. The van der Waals surface area contributed by atoms with Crippen LogP contribution in [0.25, 0.3) is 0 Å². The molecule has 110 valence electrons. The lowest BCUT2D eigenvalue weighted by atomic mass is 9.76. The van der Waals surface area contributed by atoms with Crippen LogP contribution < -0.4 is 0 Å². The number of nitrogens with zero attached hydrogens (tertiary/aromatic N) is 1. The van der Waals surface area contributed by atoms with Crippen molar-refractivity contribution in [3.05, 3.63) is 17.5 Å². The van der Waals surface area contributed by atoms with Gasteiger partial charge in [-0.25, -0.2) is 4.79 Å². The first kappa shape index (κ1) is 15.4. The molecular formula is C14H19NO3S2. The molecule has 1 aliphatic heterocycles. The Labute approximate surface area is 127 Å². The summed E-state index contributed by atoms with van der Waals surface area (Å²) in [5.74, 6) is -0.673. The maximum Gasteiger partial charge on any atom is 0.326 e. The molecule has 1 aromatic heterocycles. The first-order chi connectivity index (χ1) is 9.42. The lowest BCUT2D eigenvalue weighted by Crippen LogP contribution is -2.56. The molecule has 0 radical (unpaired) electrons.